The topological polar surface area (TPSA) is 80.3 Å². The van der Waals surface area contributed by atoms with Gasteiger partial charge in [0.05, 0.1) is 10.2 Å². The molecule has 0 aliphatic carbocycles. The predicted octanol–water partition coefficient (Wildman–Crippen LogP) is 4.61. The highest BCUT2D eigenvalue weighted by Gasteiger charge is 2.09. The number of benzene rings is 2. The van der Waals surface area contributed by atoms with Crippen LogP contribution in [0, 0.1) is 0 Å². The van der Waals surface area contributed by atoms with Crippen molar-refractivity contribution in [2.24, 2.45) is 0 Å². The zero-order valence-corrected chi connectivity index (χ0v) is 16.8. The van der Waals surface area contributed by atoms with Crippen LogP contribution in [0.5, 0.6) is 5.75 Å². The van der Waals surface area contributed by atoms with Gasteiger partial charge in [-0.25, -0.2) is 4.98 Å². The number of nitrogens with one attached hydrogen (secondary N) is 2. The quantitative estimate of drug-likeness (QED) is 0.581. The number of aromatic nitrogens is 1. The van der Waals surface area contributed by atoms with Gasteiger partial charge in [0.25, 0.3) is 5.91 Å². The van der Waals surface area contributed by atoms with Crippen LogP contribution in [0.25, 0.3) is 10.2 Å². The molecule has 1 heterocycles. The molecule has 0 fully saturated rings. The first-order valence-corrected chi connectivity index (χ1v) is 10.1. The zero-order chi connectivity index (χ0) is 19.9. The lowest BCUT2D eigenvalue weighted by atomic mass is 10.2. The Bertz CT molecular complexity index is 967. The molecule has 0 radical (unpaired) electrons. The van der Waals surface area contributed by atoms with Gasteiger partial charge < -0.3 is 15.4 Å². The fourth-order valence-electron chi connectivity index (χ4n) is 2.63. The average Bonchev–Trinajstić information content (AvgIpc) is 3.08. The van der Waals surface area contributed by atoms with Crippen LogP contribution in [-0.2, 0) is 16.0 Å². The molecule has 0 spiro atoms. The Morgan fingerprint density at radius 3 is 2.54 bits per heavy atom. The number of hydrogen-bond donors (Lipinski definition) is 2. The van der Waals surface area contributed by atoms with Crippen LogP contribution in [-0.4, -0.2) is 23.4 Å². The van der Waals surface area contributed by atoms with Crippen molar-refractivity contribution in [1.82, 2.24) is 4.98 Å². The van der Waals surface area contributed by atoms with E-state index in [9.17, 15) is 9.59 Å². The standard InChI is InChI=1S/C21H23N3O3S/c1-3-5-19(25)24-21-23-17-11-8-15(12-18(17)28-21)22-20(26)13-27-16-9-6-14(4-2)7-10-16/h6-12H,3-5,13H2,1-2H3,(H,22,26)(H,23,24,25). The summed E-state index contributed by atoms with van der Waals surface area (Å²) in [6, 6.07) is 13.2. The lowest BCUT2D eigenvalue weighted by Crippen LogP contribution is -2.20. The monoisotopic (exact) mass is 397 g/mol. The van der Waals surface area contributed by atoms with Crippen LogP contribution in [0.3, 0.4) is 0 Å². The van der Waals surface area contributed by atoms with E-state index in [1.165, 1.54) is 16.9 Å². The van der Waals surface area contributed by atoms with Crippen molar-refractivity contribution < 1.29 is 14.3 Å². The number of carbonyl (C=O) groups is 2. The highest BCUT2D eigenvalue weighted by atomic mass is 32.1. The molecule has 2 amide bonds. The van der Waals surface area contributed by atoms with Crippen LogP contribution in [0.15, 0.2) is 42.5 Å². The molecular weight excluding hydrogens is 374 g/mol. The second-order valence-corrected chi connectivity index (χ2v) is 7.36. The molecule has 1 aromatic heterocycles. The Morgan fingerprint density at radius 2 is 1.82 bits per heavy atom. The van der Waals surface area contributed by atoms with Crippen molar-refractivity contribution in [2.75, 3.05) is 17.2 Å². The summed E-state index contributed by atoms with van der Waals surface area (Å²) in [5.74, 6) is 0.386. The van der Waals surface area contributed by atoms with Crippen LogP contribution in [0.4, 0.5) is 10.8 Å². The van der Waals surface area contributed by atoms with Gasteiger partial charge in [-0.2, -0.15) is 0 Å². The van der Waals surface area contributed by atoms with Crippen LogP contribution < -0.4 is 15.4 Å². The van der Waals surface area contributed by atoms with Crippen molar-refractivity contribution in [3.63, 3.8) is 0 Å². The number of hydrogen-bond acceptors (Lipinski definition) is 5. The maximum Gasteiger partial charge on any atom is 0.262 e. The summed E-state index contributed by atoms with van der Waals surface area (Å²) in [4.78, 5) is 28.3. The summed E-state index contributed by atoms with van der Waals surface area (Å²) in [5, 5.41) is 6.19. The molecule has 7 heteroatoms. The molecular formula is C21H23N3O3S. The highest BCUT2D eigenvalue weighted by molar-refractivity contribution is 7.22. The molecule has 3 rings (SSSR count). The van der Waals surface area contributed by atoms with Crippen LogP contribution in [0.1, 0.15) is 32.3 Å². The number of anilines is 2. The minimum absolute atomic E-state index is 0.0424. The van der Waals surface area contributed by atoms with Gasteiger partial charge in [-0.3, -0.25) is 9.59 Å². The first-order chi connectivity index (χ1) is 13.6. The maximum absolute atomic E-state index is 12.2. The minimum atomic E-state index is -0.236. The first kappa shape index (κ1) is 19.8. The highest BCUT2D eigenvalue weighted by Crippen LogP contribution is 2.28. The molecule has 146 valence electrons. The van der Waals surface area contributed by atoms with E-state index in [2.05, 4.69) is 22.5 Å². The lowest BCUT2D eigenvalue weighted by molar-refractivity contribution is -0.118. The molecule has 0 unspecified atom stereocenters. The Hall–Kier alpha value is -2.93. The number of fused-ring (bicyclic) bond motifs is 1. The number of amides is 2. The van der Waals surface area contributed by atoms with Gasteiger partial charge in [-0.1, -0.05) is 37.3 Å². The number of thiazole rings is 1. The normalized spacial score (nSPS) is 10.6. The van der Waals surface area contributed by atoms with Crippen LogP contribution in [0.2, 0.25) is 0 Å². The van der Waals surface area contributed by atoms with Crippen LogP contribution >= 0.6 is 11.3 Å². The van der Waals surface area contributed by atoms with Crippen molar-refractivity contribution in [2.45, 2.75) is 33.1 Å². The Kier molecular flexibility index (Phi) is 6.60. The summed E-state index contributed by atoms with van der Waals surface area (Å²) in [5.41, 5.74) is 2.67. The van der Waals surface area contributed by atoms with Gasteiger partial charge >= 0.3 is 0 Å². The number of nitrogens with zero attached hydrogens (tertiary/aromatic N) is 1. The van der Waals surface area contributed by atoms with Gasteiger partial charge in [0.2, 0.25) is 5.91 Å². The molecule has 3 aromatic rings. The molecule has 6 nitrogen and oxygen atoms in total. The van der Waals surface area contributed by atoms with Gasteiger partial charge in [0, 0.05) is 12.1 Å². The number of carbonyl (C=O) groups excluding carboxylic acids is 2. The summed E-state index contributed by atoms with van der Waals surface area (Å²) in [7, 11) is 0. The maximum atomic E-state index is 12.2. The lowest BCUT2D eigenvalue weighted by Gasteiger charge is -2.08. The van der Waals surface area contributed by atoms with Crippen molar-refractivity contribution in [3.05, 3.63) is 48.0 Å². The fraction of sp³-hybridized carbons (Fsp3) is 0.286. The number of aryl methyl sites for hydroxylation is 1. The molecule has 0 aliphatic heterocycles. The van der Waals surface area contributed by atoms with E-state index in [0.717, 1.165) is 23.1 Å². The molecule has 0 bridgehead atoms. The summed E-state index contributed by atoms with van der Waals surface area (Å²) < 4.78 is 6.42. The van der Waals surface area contributed by atoms with E-state index in [4.69, 9.17) is 4.74 Å². The molecule has 0 aliphatic rings. The smallest absolute Gasteiger partial charge is 0.262 e. The predicted molar refractivity (Wildman–Crippen MR) is 113 cm³/mol. The van der Waals surface area contributed by atoms with Crippen molar-refractivity contribution in [1.29, 1.82) is 0 Å². The third-order valence-electron chi connectivity index (χ3n) is 4.10. The zero-order valence-electron chi connectivity index (χ0n) is 16.0. The molecule has 2 aromatic carbocycles. The Morgan fingerprint density at radius 1 is 1.04 bits per heavy atom. The summed E-state index contributed by atoms with van der Waals surface area (Å²) in [6.45, 7) is 3.98. The van der Waals surface area contributed by atoms with Gasteiger partial charge in [0.1, 0.15) is 5.75 Å². The fourth-order valence-corrected chi connectivity index (χ4v) is 3.55. The van der Waals surface area contributed by atoms with E-state index >= 15 is 0 Å². The van der Waals surface area contributed by atoms with Gasteiger partial charge in [0.15, 0.2) is 11.7 Å². The largest absolute Gasteiger partial charge is 0.484 e. The minimum Gasteiger partial charge on any atom is -0.484 e. The first-order valence-electron chi connectivity index (χ1n) is 9.29. The second-order valence-electron chi connectivity index (χ2n) is 6.33. The van der Waals surface area contributed by atoms with Crippen molar-refractivity contribution in [3.8, 4) is 5.75 Å². The van der Waals surface area contributed by atoms with Gasteiger partial charge in [-0.05, 0) is 48.7 Å². The molecule has 0 saturated heterocycles. The third kappa shape index (κ3) is 5.29. The Balaban J connectivity index is 1.58. The van der Waals surface area contributed by atoms with E-state index in [1.54, 1.807) is 6.07 Å². The SMILES string of the molecule is CCCC(=O)Nc1nc2ccc(NC(=O)COc3ccc(CC)cc3)cc2s1. The molecule has 2 N–H and O–H groups in total. The van der Waals surface area contributed by atoms with Crippen molar-refractivity contribution >= 4 is 44.2 Å². The van der Waals surface area contributed by atoms with E-state index in [-0.39, 0.29) is 18.4 Å². The average molecular weight is 398 g/mol. The van der Waals surface area contributed by atoms with E-state index in [1.807, 2.05) is 43.3 Å². The Labute approximate surface area is 167 Å². The van der Waals surface area contributed by atoms with E-state index in [0.29, 0.717) is 23.0 Å². The number of ether oxygens (including phenoxy) is 1. The summed E-state index contributed by atoms with van der Waals surface area (Å²) >= 11 is 1.38. The third-order valence-corrected chi connectivity index (χ3v) is 5.03. The summed E-state index contributed by atoms with van der Waals surface area (Å²) in [6.07, 6.45) is 2.22. The second kappa shape index (κ2) is 9.32. The molecule has 0 atom stereocenters. The molecule has 0 saturated carbocycles. The van der Waals surface area contributed by atoms with E-state index < -0.39 is 0 Å². The van der Waals surface area contributed by atoms with Gasteiger partial charge in [-0.15, -0.1) is 0 Å². The number of rotatable bonds is 8. The molecule has 28 heavy (non-hydrogen) atoms.